The van der Waals surface area contributed by atoms with Crippen LogP contribution in [-0.4, -0.2) is 24.5 Å². The number of likely N-dealkylation sites (N-methyl/N-ethyl adjacent to an activating group) is 1. The van der Waals surface area contributed by atoms with E-state index in [0.717, 1.165) is 16.7 Å². The molecule has 0 aliphatic heterocycles. The fourth-order valence-corrected chi connectivity index (χ4v) is 3.12. The van der Waals surface area contributed by atoms with Gasteiger partial charge in [-0.25, -0.2) is 0 Å². The Labute approximate surface area is 163 Å². The van der Waals surface area contributed by atoms with Crippen molar-refractivity contribution >= 4 is 5.91 Å². The van der Waals surface area contributed by atoms with Gasteiger partial charge in [0, 0.05) is 13.6 Å². The molecule has 0 atom stereocenters. The Morgan fingerprint density at radius 2 is 1.36 bits per heavy atom. The second kappa shape index (κ2) is 9.13. The van der Waals surface area contributed by atoms with Gasteiger partial charge in [-0.3, -0.25) is 4.79 Å². The first-order chi connectivity index (χ1) is 13.5. The lowest BCUT2D eigenvalue weighted by atomic mass is 9.90. The molecule has 5 heteroatoms. The van der Waals surface area contributed by atoms with Crippen molar-refractivity contribution in [1.29, 1.82) is 0 Å². The normalized spacial score (nSPS) is 10.9. The number of hydrogen-bond donors (Lipinski definition) is 0. The molecule has 0 saturated carbocycles. The van der Waals surface area contributed by atoms with Crippen molar-refractivity contribution in [3.05, 3.63) is 102 Å². The van der Waals surface area contributed by atoms with Gasteiger partial charge in [0.25, 0.3) is 0 Å². The number of ether oxygens (including phenoxy) is 1. The van der Waals surface area contributed by atoms with Crippen LogP contribution < -0.4 is 4.74 Å². The monoisotopic (exact) mass is 381 g/mol. The molecule has 0 aliphatic carbocycles. The minimum absolute atomic E-state index is 0.0368. The summed E-state index contributed by atoms with van der Waals surface area (Å²) < 4.78 is 28.9. The molecule has 3 rings (SSSR count). The molecule has 0 spiro atoms. The molecule has 28 heavy (non-hydrogen) atoms. The fraction of sp³-hybridized carbons (Fsp3) is 0.174. The van der Waals surface area contributed by atoms with E-state index in [1.54, 1.807) is 24.1 Å². The first-order valence-corrected chi connectivity index (χ1v) is 8.93. The van der Waals surface area contributed by atoms with Gasteiger partial charge in [0.15, 0.2) is 0 Å². The van der Waals surface area contributed by atoms with Crippen molar-refractivity contribution in [1.82, 2.24) is 4.90 Å². The summed E-state index contributed by atoms with van der Waals surface area (Å²) in [6, 6.07) is 25.6. The van der Waals surface area contributed by atoms with Gasteiger partial charge in [-0.05, 0) is 28.8 Å². The second-order valence-corrected chi connectivity index (χ2v) is 6.47. The third kappa shape index (κ3) is 4.94. The Morgan fingerprint density at radius 3 is 1.82 bits per heavy atom. The molecule has 0 N–H and O–H groups in total. The molecule has 0 bridgehead atoms. The van der Waals surface area contributed by atoms with Crippen LogP contribution in [0.25, 0.3) is 0 Å². The Hall–Kier alpha value is -3.21. The number of halogens is 2. The molecule has 0 unspecified atom stereocenters. The number of carbonyl (C=O) groups is 1. The lowest BCUT2D eigenvalue weighted by Crippen LogP contribution is -2.32. The molecule has 0 fully saturated rings. The van der Waals surface area contributed by atoms with Crippen molar-refractivity contribution in [2.24, 2.45) is 0 Å². The van der Waals surface area contributed by atoms with E-state index < -0.39 is 12.5 Å². The molecular formula is C23H21F2NO2. The van der Waals surface area contributed by atoms with Crippen LogP contribution in [0.5, 0.6) is 5.75 Å². The van der Waals surface area contributed by atoms with Gasteiger partial charge in [-0.1, -0.05) is 72.8 Å². The highest BCUT2D eigenvalue weighted by molar-refractivity contribution is 5.87. The van der Waals surface area contributed by atoms with E-state index >= 15 is 0 Å². The summed E-state index contributed by atoms with van der Waals surface area (Å²) in [5.74, 6) is -0.349. The molecule has 0 aliphatic rings. The lowest BCUT2D eigenvalue weighted by Gasteiger charge is -2.25. The highest BCUT2D eigenvalue weighted by atomic mass is 19.3. The van der Waals surface area contributed by atoms with Crippen LogP contribution in [0, 0.1) is 0 Å². The van der Waals surface area contributed by atoms with E-state index in [9.17, 15) is 13.6 Å². The number of rotatable bonds is 7. The lowest BCUT2D eigenvalue weighted by molar-refractivity contribution is -0.131. The third-order valence-corrected chi connectivity index (χ3v) is 4.46. The SMILES string of the molecule is CN(Cc1ccc(OC(F)F)cc1)C(=O)C(c1ccccc1)c1ccccc1. The van der Waals surface area contributed by atoms with Gasteiger partial charge < -0.3 is 9.64 Å². The summed E-state index contributed by atoms with van der Waals surface area (Å²) in [4.78, 5) is 14.9. The van der Waals surface area contributed by atoms with Crippen LogP contribution >= 0.6 is 0 Å². The molecule has 0 aromatic heterocycles. The van der Waals surface area contributed by atoms with Gasteiger partial charge in [-0.2, -0.15) is 8.78 Å². The Bertz CT molecular complexity index is 844. The Morgan fingerprint density at radius 1 is 0.857 bits per heavy atom. The molecule has 0 heterocycles. The van der Waals surface area contributed by atoms with Gasteiger partial charge >= 0.3 is 6.61 Å². The summed E-state index contributed by atoms with van der Waals surface area (Å²) in [6.07, 6.45) is 0. The maximum Gasteiger partial charge on any atom is 0.387 e. The molecule has 1 amide bonds. The van der Waals surface area contributed by atoms with Crippen LogP contribution in [0.4, 0.5) is 8.78 Å². The maximum absolute atomic E-state index is 13.3. The molecule has 144 valence electrons. The van der Waals surface area contributed by atoms with Crippen LogP contribution in [0.15, 0.2) is 84.9 Å². The van der Waals surface area contributed by atoms with Crippen molar-refractivity contribution in [3.63, 3.8) is 0 Å². The topological polar surface area (TPSA) is 29.5 Å². The second-order valence-electron chi connectivity index (χ2n) is 6.47. The van der Waals surface area contributed by atoms with Crippen LogP contribution in [-0.2, 0) is 11.3 Å². The van der Waals surface area contributed by atoms with E-state index in [4.69, 9.17) is 0 Å². The average molecular weight is 381 g/mol. The first kappa shape index (κ1) is 19.5. The standard InChI is InChI=1S/C23H21F2NO2/c1-26(16-17-12-14-20(15-13-17)28-23(24)25)22(27)21(18-8-4-2-5-9-18)19-10-6-3-7-11-19/h2-15,21,23H,16H2,1H3. The molecular weight excluding hydrogens is 360 g/mol. The van der Waals surface area contributed by atoms with Gasteiger partial charge in [0.05, 0.1) is 5.92 Å². The molecule has 3 nitrogen and oxygen atoms in total. The van der Waals surface area contributed by atoms with E-state index in [1.165, 1.54) is 12.1 Å². The van der Waals surface area contributed by atoms with Crippen molar-refractivity contribution < 1.29 is 18.3 Å². The fourth-order valence-electron chi connectivity index (χ4n) is 3.12. The highest BCUT2D eigenvalue weighted by Crippen LogP contribution is 2.27. The predicted octanol–water partition coefficient (Wildman–Crippen LogP) is 5.08. The largest absolute Gasteiger partial charge is 0.435 e. The zero-order chi connectivity index (χ0) is 19.9. The van der Waals surface area contributed by atoms with Crippen LogP contribution in [0.1, 0.15) is 22.6 Å². The molecule has 0 saturated heterocycles. The summed E-state index contributed by atoms with van der Waals surface area (Å²) in [5, 5.41) is 0. The summed E-state index contributed by atoms with van der Waals surface area (Å²) in [5.41, 5.74) is 2.68. The predicted molar refractivity (Wildman–Crippen MR) is 104 cm³/mol. The van der Waals surface area contributed by atoms with Crippen molar-refractivity contribution in [2.75, 3.05) is 7.05 Å². The van der Waals surface area contributed by atoms with Crippen LogP contribution in [0.2, 0.25) is 0 Å². The minimum Gasteiger partial charge on any atom is -0.435 e. The maximum atomic E-state index is 13.3. The highest BCUT2D eigenvalue weighted by Gasteiger charge is 2.25. The smallest absolute Gasteiger partial charge is 0.387 e. The molecule has 0 radical (unpaired) electrons. The zero-order valence-corrected chi connectivity index (χ0v) is 15.5. The number of nitrogens with zero attached hydrogens (tertiary/aromatic N) is 1. The van der Waals surface area contributed by atoms with Gasteiger partial charge in [0.1, 0.15) is 5.75 Å². The van der Waals surface area contributed by atoms with Crippen LogP contribution in [0.3, 0.4) is 0 Å². The number of hydrogen-bond acceptors (Lipinski definition) is 2. The molecule has 3 aromatic rings. The number of alkyl halides is 2. The van der Waals surface area contributed by atoms with Crippen molar-refractivity contribution in [3.8, 4) is 5.75 Å². The Kier molecular flexibility index (Phi) is 6.37. The van der Waals surface area contributed by atoms with E-state index in [1.807, 2.05) is 60.7 Å². The summed E-state index contributed by atoms with van der Waals surface area (Å²) in [6.45, 7) is -2.49. The average Bonchev–Trinajstić information content (AvgIpc) is 2.71. The van der Waals surface area contributed by atoms with E-state index in [-0.39, 0.29) is 11.7 Å². The van der Waals surface area contributed by atoms with Gasteiger partial charge in [-0.15, -0.1) is 0 Å². The van der Waals surface area contributed by atoms with E-state index in [0.29, 0.717) is 6.54 Å². The number of benzene rings is 3. The first-order valence-electron chi connectivity index (χ1n) is 8.93. The summed E-state index contributed by atoms with van der Waals surface area (Å²) in [7, 11) is 1.74. The van der Waals surface area contributed by atoms with Gasteiger partial charge in [0.2, 0.25) is 5.91 Å². The molecule has 3 aromatic carbocycles. The third-order valence-electron chi connectivity index (χ3n) is 4.46. The quantitative estimate of drug-likeness (QED) is 0.571. The van der Waals surface area contributed by atoms with Crippen molar-refractivity contribution in [2.45, 2.75) is 19.1 Å². The summed E-state index contributed by atoms with van der Waals surface area (Å²) >= 11 is 0. The number of amides is 1. The van der Waals surface area contributed by atoms with E-state index in [2.05, 4.69) is 4.74 Å². The number of carbonyl (C=O) groups excluding carboxylic acids is 1. The minimum atomic E-state index is -2.85. The zero-order valence-electron chi connectivity index (χ0n) is 15.5. The Balaban J connectivity index is 1.79.